The van der Waals surface area contributed by atoms with Crippen molar-refractivity contribution >= 4 is 45.6 Å². The number of ether oxygens (including phenoxy) is 1. The SMILES string of the molecule is Cn1c(=O)c2c(c3cc(Nc4nc(N5CCC(F)(F)CC5)ncc4Cl)ccc31)N[C@@H](C1CC1)C(F)(F)CO2. The molecule has 202 valence electrons. The van der Waals surface area contributed by atoms with Gasteiger partial charge in [0.2, 0.25) is 11.7 Å². The molecule has 0 radical (unpaired) electrons. The molecule has 1 aliphatic carbocycles. The Morgan fingerprint density at radius 3 is 2.63 bits per heavy atom. The van der Waals surface area contributed by atoms with Crippen LogP contribution in [0.4, 0.5) is 40.7 Å². The molecule has 0 bridgehead atoms. The summed E-state index contributed by atoms with van der Waals surface area (Å²) in [6.45, 7) is -0.653. The molecule has 2 N–H and O–H groups in total. The lowest BCUT2D eigenvalue weighted by Gasteiger charge is -2.31. The van der Waals surface area contributed by atoms with Gasteiger partial charge in [-0.05, 0) is 37.0 Å². The summed E-state index contributed by atoms with van der Waals surface area (Å²) in [6, 6.07) is 3.96. The van der Waals surface area contributed by atoms with E-state index in [0.29, 0.717) is 29.4 Å². The van der Waals surface area contributed by atoms with E-state index < -0.39 is 30.1 Å². The van der Waals surface area contributed by atoms with Crippen LogP contribution >= 0.6 is 11.6 Å². The molecule has 2 aromatic heterocycles. The molecule has 1 aromatic carbocycles. The van der Waals surface area contributed by atoms with Crippen LogP contribution in [0.1, 0.15) is 25.7 Å². The highest BCUT2D eigenvalue weighted by molar-refractivity contribution is 6.32. The molecule has 3 aromatic rings. The summed E-state index contributed by atoms with van der Waals surface area (Å²) in [5, 5.41) is 6.79. The number of aromatic nitrogens is 3. The van der Waals surface area contributed by atoms with Crippen LogP contribution in [0.3, 0.4) is 0 Å². The summed E-state index contributed by atoms with van der Waals surface area (Å²) < 4.78 is 63.7. The lowest BCUT2D eigenvalue weighted by molar-refractivity contribution is -0.0579. The third-order valence-corrected chi connectivity index (χ3v) is 7.66. The van der Waals surface area contributed by atoms with Crippen LogP contribution in [-0.2, 0) is 7.05 Å². The summed E-state index contributed by atoms with van der Waals surface area (Å²) in [7, 11) is 1.55. The van der Waals surface area contributed by atoms with Crippen molar-refractivity contribution in [1.82, 2.24) is 14.5 Å². The van der Waals surface area contributed by atoms with Gasteiger partial charge in [-0.3, -0.25) is 4.79 Å². The lowest BCUT2D eigenvalue weighted by atomic mass is 10.0. The van der Waals surface area contributed by atoms with Gasteiger partial charge in [0.1, 0.15) is 5.02 Å². The summed E-state index contributed by atoms with van der Waals surface area (Å²) in [6.07, 6.45) is 2.19. The third-order valence-electron chi connectivity index (χ3n) is 7.38. The van der Waals surface area contributed by atoms with Gasteiger partial charge in [-0.2, -0.15) is 4.98 Å². The molecule has 38 heavy (non-hydrogen) atoms. The number of pyridine rings is 1. The lowest BCUT2D eigenvalue weighted by Crippen LogP contribution is -2.44. The minimum Gasteiger partial charge on any atom is -0.480 e. The van der Waals surface area contributed by atoms with E-state index in [4.69, 9.17) is 16.3 Å². The number of anilines is 4. The van der Waals surface area contributed by atoms with Gasteiger partial charge in [-0.15, -0.1) is 0 Å². The minimum absolute atomic E-state index is 0.114. The second kappa shape index (κ2) is 8.89. The van der Waals surface area contributed by atoms with Crippen molar-refractivity contribution in [2.75, 3.05) is 35.2 Å². The van der Waals surface area contributed by atoms with Crippen molar-refractivity contribution in [2.45, 2.75) is 43.6 Å². The molecular formula is C25H25ClF4N6O2. The van der Waals surface area contributed by atoms with Crippen LogP contribution in [0, 0.1) is 5.92 Å². The predicted octanol–water partition coefficient (Wildman–Crippen LogP) is 5.18. The smallest absolute Gasteiger partial charge is 0.301 e. The van der Waals surface area contributed by atoms with Crippen LogP contribution < -0.4 is 25.8 Å². The number of nitrogens with one attached hydrogen (secondary N) is 2. The quantitative estimate of drug-likeness (QED) is 0.432. The summed E-state index contributed by atoms with van der Waals surface area (Å²) >= 11 is 6.34. The molecule has 1 saturated carbocycles. The van der Waals surface area contributed by atoms with Crippen molar-refractivity contribution in [3.63, 3.8) is 0 Å². The van der Waals surface area contributed by atoms with Crippen LogP contribution in [0.2, 0.25) is 5.02 Å². The Morgan fingerprint density at radius 2 is 1.92 bits per heavy atom. The monoisotopic (exact) mass is 552 g/mol. The van der Waals surface area contributed by atoms with Crippen LogP contribution in [-0.4, -0.2) is 52.1 Å². The molecule has 1 atom stereocenters. The number of benzene rings is 1. The van der Waals surface area contributed by atoms with E-state index in [0.717, 1.165) is 0 Å². The highest BCUT2D eigenvalue weighted by Crippen LogP contribution is 2.45. The van der Waals surface area contributed by atoms with E-state index in [1.807, 2.05) is 0 Å². The van der Waals surface area contributed by atoms with Gasteiger partial charge in [0, 0.05) is 44.1 Å². The van der Waals surface area contributed by atoms with E-state index >= 15 is 0 Å². The first-order chi connectivity index (χ1) is 18.0. The maximum atomic E-state index is 14.9. The number of hydrogen-bond donors (Lipinski definition) is 2. The normalized spacial score (nSPS) is 22.3. The van der Waals surface area contributed by atoms with Gasteiger partial charge < -0.3 is 24.8 Å². The molecule has 1 saturated heterocycles. The van der Waals surface area contributed by atoms with E-state index in [1.165, 1.54) is 10.8 Å². The van der Waals surface area contributed by atoms with E-state index in [-0.39, 0.29) is 60.1 Å². The fourth-order valence-electron chi connectivity index (χ4n) is 5.05. The van der Waals surface area contributed by atoms with Gasteiger partial charge in [-0.25, -0.2) is 22.5 Å². The molecule has 3 aliphatic rings. The standard InChI is InChI=1S/C25H25ClF4N6O2/c1-35-17-5-4-14(32-21-16(26)11-31-23(34-21)36-8-6-24(27,28)7-9-36)10-15(17)18-19(22(35)37)38-12-25(29,30)20(33-18)13-2-3-13/h4-5,10-11,13,20,33H,2-3,6-9,12H2,1H3,(H,31,32,34)/t20-/m0/s1. The van der Waals surface area contributed by atoms with Gasteiger partial charge >= 0.3 is 5.92 Å². The summed E-state index contributed by atoms with van der Waals surface area (Å²) in [4.78, 5) is 23.3. The second-order valence-corrected chi connectivity index (χ2v) is 10.6. The molecule has 2 fully saturated rings. The third kappa shape index (κ3) is 4.48. The molecule has 13 heteroatoms. The van der Waals surface area contributed by atoms with Crippen molar-refractivity contribution < 1.29 is 22.3 Å². The molecule has 0 amide bonds. The van der Waals surface area contributed by atoms with Crippen LogP contribution in [0.15, 0.2) is 29.2 Å². The van der Waals surface area contributed by atoms with Crippen molar-refractivity contribution in [3.05, 3.63) is 39.8 Å². The summed E-state index contributed by atoms with van der Waals surface area (Å²) in [5.74, 6) is -5.66. The first kappa shape index (κ1) is 25.0. The molecular weight excluding hydrogens is 528 g/mol. The van der Waals surface area contributed by atoms with Crippen molar-refractivity contribution in [3.8, 4) is 5.75 Å². The Kier molecular flexibility index (Phi) is 5.85. The number of alkyl halides is 4. The Bertz CT molecular complexity index is 1470. The Labute approximate surface area is 220 Å². The van der Waals surface area contributed by atoms with Gasteiger partial charge in [0.05, 0.1) is 23.4 Å². The molecule has 8 nitrogen and oxygen atoms in total. The molecule has 0 spiro atoms. The maximum Gasteiger partial charge on any atom is 0.301 e. The average Bonchev–Trinajstić information content (AvgIpc) is 3.71. The first-order valence-electron chi connectivity index (χ1n) is 12.4. The molecule has 2 aliphatic heterocycles. The highest BCUT2D eigenvalue weighted by Gasteiger charge is 2.51. The first-order valence-corrected chi connectivity index (χ1v) is 12.8. The van der Waals surface area contributed by atoms with Crippen LogP contribution in [0.25, 0.3) is 10.9 Å². The zero-order chi connectivity index (χ0) is 26.8. The topological polar surface area (TPSA) is 84.3 Å². The Balaban J connectivity index is 1.36. The van der Waals surface area contributed by atoms with E-state index in [9.17, 15) is 22.4 Å². The van der Waals surface area contributed by atoms with Crippen molar-refractivity contribution in [1.29, 1.82) is 0 Å². The van der Waals surface area contributed by atoms with Gasteiger partial charge in [-0.1, -0.05) is 11.6 Å². The van der Waals surface area contributed by atoms with Crippen molar-refractivity contribution in [2.24, 2.45) is 13.0 Å². The number of piperidine rings is 1. The maximum absolute atomic E-state index is 14.9. The Hall–Kier alpha value is -3.28. The molecule has 0 unspecified atom stereocenters. The van der Waals surface area contributed by atoms with E-state index in [2.05, 4.69) is 20.6 Å². The highest BCUT2D eigenvalue weighted by atomic mass is 35.5. The summed E-state index contributed by atoms with van der Waals surface area (Å²) in [5.41, 5.74) is 0.767. The zero-order valence-corrected chi connectivity index (χ0v) is 21.2. The number of rotatable bonds is 4. The van der Waals surface area contributed by atoms with Gasteiger partial charge in [0.25, 0.3) is 11.5 Å². The minimum atomic E-state index is -3.14. The number of fused-ring (bicyclic) bond motifs is 3. The van der Waals surface area contributed by atoms with Gasteiger partial charge in [0.15, 0.2) is 12.4 Å². The number of nitrogens with zero attached hydrogens (tertiary/aromatic N) is 4. The fourth-order valence-corrected chi connectivity index (χ4v) is 5.19. The zero-order valence-electron chi connectivity index (χ0n) is 20.4. The average molecular weight is 553 g/mol. The number of halogens is 5. The fraction of sp³-hybridized carbons (Fsp3) is 0.480. The number of aryl methyl sites for hydroxylation is 1. The largest absolute Gasteiger partial charge is 0.480 e. The number of hydrogen-bond acceptors (Lipinski definition) is 7. The van der Waals surface area contributed by atoms with Crippen LogP contribution in [0.5, 0.6) is 5.75 Å². The second-order valence-electron chi connectivity index (χ2n) is 10.1. The predicted molar refractivity (Wildman–Crippen MR) is 136 cm³/mol. The molecule has 4 heterocycles. The Morgan fingerprint density at radius 1 is 1.18 bits per heavy atom. The van der Waals surface area contributed by atoms with E-state index in [1.54, 1.807) is 30.1 Å². The molecule has 6 rings (SSSR count).